The Kier molecular flexibility index (Phi) is 6.98. The van der Waals surface area contributed by atoms with Crippen LogP contribution >= 0.6 is 0 Å². The van der Waals surface area contributed by atoms with Crippen molar-refractivity contribution in [2.45, 2.75) is 124 Å². The highest BCUT2D eigenvalue weighted by molar-refractivity contribution is 5.56. The fourth-order valence-corrected chi connectivity index (χ4v) is 5.04. The van der Waals surface area contributed by atoms with Crippen molar-refractivity contribution in [2.75, 3.05) is 0 Å². The van der Waals surface area contributed by atoms with E-state index in [1.54, 1.807) is 16.7 Å². The summed E-state index contributed by atoms with van der Waals surface area (Å²) in [6.07, 6.45) is 1.08. The molecule has 0 aliphatic heterocycles. The Labute approximate surface area is 193 Å². The number of hydrogen-bond donors (Lipinski definition) is 0. The normalized spacial score (nSPS) is 14.6. The van der Waals surface area contributed by atoms with Gasteiger partial charge in [-0.1, -0.05) is 126 Å². The zero-order valence-electron chi connectivity index (χ0n) is 22.7. The maximum absolute atomic E-state index is 2.57. The second kappa shape index (κ2) is 8.42. The van der Waals surface area contributed by atoms with E-state index in [-0.39, 0.29) is 21.7 Å². The predicted molar refractivity (Wildman–Crippen MR) is 140 cm³/mol. The van der Waals surface area contributed by atoms with Crippen LogP contribution in [0.2, 0.25) is 0 Å². The molecule has 0 radical (unpaired) electrons. The summed E-state index contributed by atoms with van der Waals surface area (Å²) < 4.78 is 0. The van der Waals surface area contributed by atoms with Crippen LogP contribution in [0.4, 0.5) is 0 Å². The van der Waals surface area contributed by atoms with Crippen molar-refractivity contribution < 1.29 is 0 Å². The van der Waals surface area contributed by atoms with E-state index < -0.39 is 0 Å². The molecule has 1 unspecified atom stereocenters. The van der Waals surface area contributed by atoms with Gasteiger partial charge in [0, 0.05) is 0 Å². The molecule has 0 nitrogen and oxygen atoms in total. The number of hydrogen-bond acceptors (Lipinski definition) is 0. The largest absolute Gasteiger partial charge is 0.0622 e. The molecule has 0 aliphatic rings. The molecule has 2 aromatic rings. The Balaban J connectivity index is 3.00. The van der Waals surface area contributed by atoms with Crippen LogP contribution in [-0.2, 0) is 28.1 Å². The number of rotatable bonds is 3. The summed E-state index contributed by atoms with van der Waals surface area (Å²) in [5.41, 5.74) is 9.58. The van der Waals surface area contributed by atoms with E-state index in [4.69, 9.17) is 0 Å². The van der Waals surface area contributed by atoms with Crippen molar-refractivity contribution in [3.8, 4) is 0 Å². The van der Waals surface area contributed by atoms with Crippen molar-refractivity contribution in [1.82, 2.24) is 0 Å². The summed E-state index contributed by atoms with van der Waals surface area (Å²) >= 11 is 0. The highest BCUT2D eigenvalue weighted by Crippen LogP contribution is 2.46. The lowest BCUT2D eigenvalue weighted by atomic mass is 9.64. The van der Waals surface area contributed by atoms with Crippen molar-refractivity contribution in [3.63, 3.8) is 0 Å². The average Bonchev–Trinajstić information content (AvgIpc) is 2.57. The van der Waals surface area contributed by atoms with Crippen LogP contribution < -0.4 is 0 Å². The van der Waals surface area contributed by atoms with Gasteiger partial charge in [0.05, 0.1) is 0 Å². The van der Waals surface area contributed by atoms with E-state index >= 15 is 0 Å². The summed E-state index contributed by atoms with van der Waals surface area (Å²) in [6, 6.07) is 13.6. The molecular formula is C31H48. The Bertz CT molecular complexity index is 835. The van der Waals surface area contributed by atoms with Crippen LogP contribution in [0.5, 0.6) is 0 Å². The second-order valence-corrected chi connectivity index (χ2v) is 13.7. The summed E-state index contributed by atoms with van der Waals surface area (Å²) in [6.45, 7) is 31.1. The van der Waals surface area contributed by atoms with Gasteiger partial charge >= 0.3 is 0 Å². The molecule has 0 aliphatic carbocycles. The van der Waals surface area contributed by atoms with Crippen LogP contribution in [0.25, 0.3) is 0 Å². The van der Waals surface area contributed by atoms with Crippen molar-refractivity contribution in [3.05, 3.63) is 69.8 Å². The fraction of sp³-hybridized carbons (Fsp3) is 0.613. The van der Waals surface area contributed by atoms with Crippen LogP contribution in [0, 0.1) is 0 Å². The van der Waals surface area contributed by atoms with Crippen LogP contribution in [0.15, 0.2) is 36.4 Å². The first-order chi connectivity index (χ1) is 13.8. The molecule has 0 aromatic heterocycles. The molecule has 0 bridgehead atoms. The van der Waals surface area contributed by atoms with Crippen LogP contribution in [0.3, 0.4) is 0 Å². The molecule has 0 amide bonds. The minimum Gasteiger partial charge on any atom is -0.0622 e. The lowest BCUT2D eigenvalue weighted by Gasteiger charge is -2.41. The van der Waals surface area contributed by atoms with E-state index in [1.807, 2.05) is 0 Å². The monoisotopic (exact) mass is 420 g/mol. The third-order valence-corrected chi connectivity index (χ3v) is 6.43. The molecule has 0 saturated heterocycles. The van der Waals surface area contributed by atoms with Crippen LogP contribution in [-0.4, -0.2) is 0 Å². The average molecular weight is 421 g/mol. The lowest BCUT2D eigenvalue weighted by molar-refractivity contribution is 0.488. The molecule has 0 heterocycles. The molecular weight excluding hydrogens is 372 g/mol. The third kappa shape index (κ3) is 5.82. The van der Waals surface area contributed by atoms with E-state index in [9.17, 15) is 0 Å². The van der Waals surface area contributed by atoms with Gasteiger partial charge in [-0.3, -0.25) is 0 Å². The molecule has 0 N–H and O–H groups in total. The molecule has 0 heteroatoms. The summed E-state index contributed by atoms with van der Waals surface area (Å²) in [5, 5.41) is 0. The first-order valence-corrected chi connectivity index (χ1v) is 12.1. The SMILES string of the molecule is CC(Cc1c(C(C)(C)C)c(C(C)(C)C)cc(C(C)(C)C)c1C(C)(C)C)c1ccccc1. The molecule has 2 rings (SSSR count). The Morgan fingerprint density at radius 2 is 0.968 bits per heavy atom. The van der Waals surface area contributed by atoms with Gasteiger partial charge in [0.15, 0.2) is 0 Å². The Morgan fingerprint density at radius 3 is 1.29 bits per heavy atom. The molecule has 31 heavy (non-hydrogen) atoms. The van der Waals surface area contributed by atoms with Crippen LogP contribution in [0.1, 0.15) is 129 Å². The van der Waals surface area contributed by atoms with Crippen molar-refractivity contribution in [1.29, 1.82) is 0 Å². The third-order valence-electron chi connectivity index (χ3n) is 6.43. The van der Waals surface area contributed by atoms with E-state index in [0.717, 1.165) is 6.42 Å². The smallest absolute Gasteiger partial charge is 0.0126 e. The Hall–Kier alpha value is -1.56. The van der Waals surface area contributed by atoms with Gasteiger partial charge in [-0.15, -0.1) is 0 Å². The van der Waals surface area contributed by atoms with Gasteiger partial charge in [-0.2, -0.15) is 0 Å². The topological polar surface area (TPSA) is 0 Å². The lowest BCUT2D eigenvalue weighted by Crippen LogP contribution is -2.32. The molecule has 172 valence electrons. The maximum atomic E-state index is 2.57. The van der Waals surface area contributed by atoms with Gasteiger partial charge < -0.3 is 0 Å². The molecule has 0 saturated carbocycles. The quantitative estimate of drug-likeness (QED) is 0.464. The summed E-state index contributed by atoms with van der Waals surface area (Å²) in [4.78, 5) is 0. The Morgan fingerprint density at radius 1 is 0.581 bits per heavy atom. The highest BCUT2D eigenvalue weighted by atomic mass is 14.4. The zero-order chi connectivity index (χ0) is 24.0. The minimum absolute atomic E-state index is 0.0881. The first-order valence-electron chi connectivity index (χ1n) is 12.1. The maximum Gasteiger partial charge on any atom is -0.0126 e. The van der Waals surface area contributed by atoms with Gasteiger partial charge in [0.25, 0.3) is 0 Å². The van der Waals surface area contributed by atoms with Crippen molar-refractivity contribution >= 4 is 0 Å². The zero-order valence-corrected chi connectivity index (χ0v) is 22.7. The first kappa shape index (κ1) is 25.7. The van der Waals surface area contributed by atoms with Gasteiger partial charge in [-0.05, 0) is 67.4 Å². The predicted octanol–water partition coefficient (Wildman–Crippen LogP) is 9.22. The minimum atomic E-state index is 0.0881. The second-order valence-electron chi connectivity index (χ2n) is 13.7. The highest BCUT2D eigenvalue weighted by Gasteiger charge is 2.36. The van der Waals surface area contributed by atoms with Gasteiger partial charge in [0.2, 0.25) is 0 Å². The van der Waals surface area contributed by atoms with Crippen molar-refractivity contribution in [2.24, 2.45) is 0 Å². The fourth-order valence-electron chi connectivity index (χ4n) is 5.04. The summed E-state index contributed by atoms with van der Waals surface area (Å²) in [5.74, 6) is 0.478. The standard InChI is InChI=1S/C31H48/c1-21(22-17-15-14-16-18-22)19-23-26(30(8,9)10)24(28(2,3)4)20-25(29(5,6)7)27(23)31(11,12)13/h14-18,20-21H,19H2,1-13H3. The summed E-state index contributed by atoms with van der Waals surface area (Å²) in [7, 11) is 0. The molecule has 0 spiro atoms. The molecule has 0 fully saturated rings. The van der Waals surface area contributed by atoms with Gasteiger partial charge in [0.1, 0.15) is 0 Å². The van der Waals surface area contributed by atoms with E-state index in [1.165, 1.54) is 16.7 Å². The van der Waals surface area contributed by atoms with Gasteiger partial charge in [-0.25, -0.2) is 0 Å². The van der Waals surface area contributed by atoms with E-state index in [2.05, 4.69) is 126 Å². The molecule has 2 aromatic carbocycles. The number of benzene rings is 2. The van der Waals surface area contributed by atoms with E-state index in [0.29, 0.717) is 5.92 Å². The molecule has 1 atom stereocenters.